The van der Waals surface area contributed by atoms with Gasteiger partial charge in [-0.15, -0.1) is 0 Å². The number of hydrogen-bond donors (Lipinski definition) is 2. The highest BCUT2D eigenvalue weighted by molar-refractivity contribution is 5.96. The quantitative estimate of drug-likeness (QED) is 0.635. The van der Waals surface area contributed by atoms with Gasteiger partial charge in [0.2, 0.25) is 0 Å². The standard InChI is InChI=1S/C14H20N2O2/c1-2-18-14(17)12-9-11(7-8-13(12)15)16-10-5-3-4-6-10/h7-10,16H,2-6,15H2,1H3. The molecule has 1 aliphatic rings. The number of nitrogens with two attached hydrogens (primary N) is 1. The van der Waals surface area contributed by atoms with Crippen LogP contribution >= 0.6 is 0 Å². The van der Waals surface area contributed by atoms with Crippen molar-refractivity contribution < 1.29 is 9.53 Å². The number of rotatable bonds is 4. The van der Waals surface area contributed by atoms with E-state index in [9.17, 15) is 4.79 Å². The van der Waals surface area contributed by atoms with Crippen molar-refractivity contribution in [1.82, 2.24) is 0 Å². The molecule has 0 aliphatic heterocycles. The zero-order chi connectivity index (χ0) is 13.0. The van der Waals surface area contributed by atoms with E-state index >= 15 is 0 Å². The maximum absolute atomic E-state index is 11.7. The number of esters is 1. The van der Waals surface area contributed by atoms with Gasteiger partial charge >= 0.3 is 5.97 Å². The Hall–Kier alpha value is -1.71. The van der Waals surface area contributed by atoms with Crippen molar-refractivity contribution in [2.75, 3.05) is 17.7 Å². The Balaban J connectivity index is 2.12. The topological polar surface area (TPSA) is 64.3 Å². The molecule has 98 valence electrons. The summed E-state index contributed by atoms with van der Waals surface area (Å²) in [5.74, 6) is -0.356. The summed E-state index contributed by atoms with van der Waals surface area (Å²) in [6, 6.07) is 5.97. The molecule has 4 nitrogen and oxygen atoms in total. The molecule has 0 aromatic heterocycles. The van der Waals surface area contributed by atoms with Gasteiger partial charge in [-0.2, -0.15) is 0 Å². The number of nitrogen functional groups attached to an aromatic ring is 1. The van der Waals surface area contributed by atoms with E-state index in [4.69, 9.17) is 10.5 Å². The molecule has 1 saturated carbocycles. The SMILES string of the molecule is CCOC(=O)c1cc(NC2CCCC2)ccc1N. The smallest absolute Gasteiger partial charge is 0.340 e. The molecule has 0 atom stereocenters. The van der Waals surface area contributed by atoms with Gasteiger partial charge in [0.25, 0.3) is 0 Å². The molecule has 1 aromatic rings. The molecule has 4 heteroatoms. The molecule has 0 radical (unpaired) electrons. The summed E-state index contributed by atoms with van der Waals surface area (Å²) < 4.78 is 4.99. The van der Waals surface area contributed by atoms with Crippen LogP contribution in [0.4, 0.5) is 11.4 Å². The van der Waals surface area contributed by atoms with Crippen molar-refractivity contribution >= 4 is 17.3 Å². The first-order valence-corrected chi connectivity index (χ1v) is 6.54. The van der Waals surface area contributed by atoms with Gasteiger partial charge in [0.15, 0.2) is 0 Å². The third-order valence-electron chi connectivity index (χ3n) is 3.27. The summed E-state index contributed by atoms with van der Waals surface area (Å²) >= 11 is 0. The van der Waals surface area contributed by atoms with Crippen LogP contribution in [-0.2, 0) is 4.74 Å². The molecule has 0 saturated heterocycles. The number of ether oxygens (including phenoxy) is 1. The maximum Gasteiger partial charge on any atom is 0.340 e. The first-order chi connectivity index (χ1) is 8.70. The summed E-state index contributed by atoms with van der Waals surface area (Å²) in [5, 5.41) is 3.44. The number of anilines is 2. The number of nitrogens with one attached hydrogen (secondary N) is 1. The largest absolute Gasteiger partial charge is 0.462 e. The molecular weight excluding hydrogens is 228 g/mol. The molecule has 2 rings (SSSR count). The summed E-state index contributed by atoms with van der Waals surface area (Å²) in [7, 11) is 0. The molecule has 0 heterocycles. The van der Waals surface area contributed by atoms with Crippen molar-refractivity contribution in [2.45, 2.75) is 38.6 Å². The minimum Gasteiger partial charge on any atom is -0.462 e. The van der Waals surface area contributed by atoms with E-state index in [1.54, 1.807) is 19.1 Å². The molecule has 1 aromatic carbocycles. The summed E-state index contributed by atoms with van der Waals surface area (Å²) in [6.45, 7) is 2.15. The summed E-state index contributed by atoms with van der Waals surface area (Å²) in [5.41, 5.74) is 7.65. The average molecular weight is 248 g/mol. The Labute approximate surface area is 108 Å². The van der Waals surface area contributed by atoms with E-state index in [1.807, 2.05) is 6.07 Å². The molecule has 18 heavy (non-hydrogen) atoms. The van der Waals surface area contributed by atoms with Crippen LogP contribution in [0.3, 0.4) is 0 Å². The molecule has 0 unspecified atom stereocenters. The van der Waals surface area contributed by atoms with Crippen molar-refractivity contribution in [3.8, 4) is 0 Å². The van der Waals surface area contributed by atoms with Gasteiger partial charge in [-0.1, -0.05) is 12.8 Å². The third kappa shape index (κ3) is 2.94. The normalized spacial score (nSPS) is 15.6. The van der Waals surface area contributed by atoms with Crippen LogP contribution in [0.2, 0.25) is 0 Å². The Morgan fingerprint density at radius 1 is 1.44 bits per heavy atom. The van der Waals surface area contributed by atoms with Crippen LogP contribution in [0, 0.1) is 0 Å². The Bertz CT molecular complexity index is 426. The minimum absolute atomic E-state index is 0.356. The van der Waals surface area contributed by atoms with Gasteiger partial charge in [-0.25, -0.2) is 4.79 Å². The Morgan fingerprint density at radius 2 is 2.17 bits per heavy atom. The second kappa shape index (κ2) is 5.76. The van der Waals surface area contributed by atoms with Gasteiger partial charge in [0, 0.05) is 17.4 Å². The van der Waals surface area contributed by atoms with Crippen LogP contribution in [0.25, 0.3) is 0 Å². The monoisotopic (exact) mass is 248 g/mol. The highest BCUT2D eigenvalue weighted by Gasteiger charge is 2.16. The van der Waals surface area contributed by atoms with Crippen molar-refractivity contribution in [3.05, 3.63) is 23.8 Å². The fourth-order valence-electron chi connectivity index (χ4n) is 2.34. The van der Waals surface area contributed by atoms with Gasteiger partial charge in [-0.05, 0) is 38.0 Å². The summed E-state index contributed by atoms with van der Waals surface area (Å²) in [4.78, 5) is 11.7. The van der Waals surface area contributed by atoms with Gasteiger partial charge in [0.05, 0.1) is 12.2 Å². The van der Waals surface area contributed by atoms with Crippen LogP contribution in [0.5, 0.6) is 0 Å². The third-order valence-corrected chi connectivity index (χ3v) is 3.27. The fraction of sp³-hybridized carbons (Fsp3) is 0.500. The van der Waals surface area contributed by atoms with E-state index in [0.29, 0.717) is 23.9 Å². The maximum atomic E-state index is 11.7. The lowest BCUT2D eigenvalue weighted by Crippen LogP contribution is -2.15. The highest BCUT2D eigenvalue weighted by atomic mass is 16.5. The van der Waals surface area contributed by atoms with Crippen LogP contribution in [0.15, 0.2) is 18.2 Å². The molecule has 0 spiro atoms. The molecular formula is C14H20N2O2. The first kappa shape index (κ1) is 12.7. The molecule has 1 aliphatic carbocycles. The van der Waals surface area contributed by atoms with Gasteiger partial charge in [0.1, 0.15) is 0 Å². The van der Waals surface area contributed by atoms with Crippen molar-refractivity contribution in [1.29, 1.82) is 0 Å². The van der Waals surface area contributed by atoms with Crippen LogP contribution in [-0.4, -0.2) is 18.6 Å². The molecule has 0 amide bonds. The predicted octanol–water partition coefficient (Wildman–Crippen LogP) is 2.80. The lowest BCUT2D eigenvalue weighted by Gasteiger charge is -2.15. The van der Waals surface area contributed by atoms with Crippen molar-refractivity contribution in [2.24, 2.45) is 0 Å². The second-order valence-electron chi connectivity index (χ2n) is 4.65. The van der Waals surface area contributed by atoms with E-state index in [0.717, 1.165) is 5.69 Å². The molecule has 3 N–H and O–H groups in total. The average Bonchev–Trinajstić information content (AvgIpc) is 2.84. The number of hydrogen-bond acceptors (Lipinski definition) is 4. The number of carbonyl (C=O) groups is 1. The van der Waals surface area contributed by atoms with Gasteiger partial charge in [-0.3, -0.25) is 0 Å². The highest BCUT2D eigenvalue weighted by Crippen LogP contribution is 2.24. The number of carbonyl (C=O) groups excluding carboxylic acids is 1. The Morgan fingerprint density at radius 3 is 2.83 bits per heavy atom. The zero-order valence-electron chi connectivity index (χ0n) is 10.7. The van der Waals surface area contributed by atoms with E-state index < -0.39 is 0 Å². The van der Waals surface area contributed by atoms with E-state index in [-0.39, 0.29) is 5.97 Å². The number of benzene rings is 1. The Kier molecular flexibility index (Phi) is 4.07. The molecule has 1 fully saturated rings. The van der Waals surface area contributed by atoms with Gasteiger partial charge < -0.3 is 15.8 Å². The zero-order valence-corrected chi connectivity index (χ0v) is 10.7. The van der Waals surface area contributed by atoms with Crippen LogP contribution in [0.1, 0.15) is 43.0 Å². The molecule has 0 bridgehead atoms. The van der Waals surface area contributed by atoms with E-state index in [1.165, 1.54) is 25.7 Å². The first-order valence-electron chi connectivity index (χ1n) is 6.54. The summed E-state index contributed by atoms with van der Waals surface area (Å²) in [6.07, 6.45) is 4.94. The lowest BCUT2D eigenvalue weighted by atomic mass is 10.1. The fourth-order valence-corrected chi connectivity index (χ4v) is 2.34. The van der Waals surface area contributed by atoms with Crippen LogP contribution < -0.4 is 11.1 Å². The van der Waals surface area contributed by atoms with E-state index in [2.05, 4.69) is 5.32 Å². The predicted molar refractivity (Wildman–Crippen MR) is 72.7 cm³/mol. The second-order valence-corrected chi connectivity index (χ2v) is 4.65. The minimum atomic E-state index is -0.356. The lowest BCUT2D eigenvalue weighted by molar-refractivity contribution is 0.0527. The van der Waals surface area contributed by atoms with Crippen molar-refractivity contribution in [3.63, 3.8) is 0 Å².